The van der Waals surface area contributed by atoms with Crippen molar-refractivity contribution in [3.63, 3.8) is 0 Å². The summed E-state index contributed by atoms with van der Waals surface area (Å²) in [5, 5.41) is 14.5. The van der Waals surface area contributed by atoms with E-state index in [0.29, 0.717) is 15.4 Å². The van der Waals surface area contributed by atoms with E-state index in [1.165, 1.54) is 23.5 Å². The van der Waals surface area contributed by atoms with Crippen LogP contribution in [-0.4, -0.2) is 28.7 Å². The number of anilines is 1. The summed E-state index contributed by atoms with van der Waals surface area (Å²) in [5.74, 6) is -0.316. The quantitative estimate of drug-likeness (QED) is 0.574. The summed E-state index contributed by atoms with van der Waals surface area (Å²) in [6.45, 7) is 9.11. The number of nitrogens with one attached hydrogen (secondary N) is 1. The molecule has 2 aromatic rings. The molecule has 7 nitrogen and oxygen atoms in total. The first-order chi connectivity index (χ1) is 12.9. The van der Waals surface area contributed by atoms with Crippen LogP contribution in [0.4, 0.5) is 10.7 Å². The highest BCUT2D eigenvalue weighted by Crippen LogP contribution is 2.31. The number of hydrogen-bond donors (Lipinski definition) is 1. The molecule has 0 fully saturated rings. The number of nitro benzene ring substituents is 1. The van der Waals surface area contributed by atoms with Gasteiger partial charge in [-0.3, -0.25) is 19.7 Å². The van der Waals surface area contributed by atoms with Gasteiger partial charge in [0.25, 0.3) is 11.6 Å². The molecule has 1 aromatic carbocycles. The van der Waals surface area contributed by atoms with Crippen LogP contribution in [0, 0.1) is 22.5 Å². The molecule has 1 N–H and O–H groups in total. The Hall–Kier alpha value is -2.74. The van der Waals surface area contributed by atoms with E-state index in [0.717, 1.165) is 5.56 Å². The number of carbonyl (C=O) groups excluding carboxylic acids is 2. The lowest BCUT2D eigenvalue weighted by atomic mass is 9.96. The largest absolute Gasteiger partial charge is 0.334 e. The van der Waals surface area contributed by atoms with E-state index in [2.05, 4.69) is 5.32 Å². The molecular weight excluding hydrogens is 378 g/mol. The predicted octanol–water partition coefficient (Wildman–Crippen LogP) is 4.78. The lowest BCUT2D eigenvalue weighted by molar-refractivity contribution is -0.384. The van der Waals surface area contributed by atoms with Crippen molar-refractivity contribution < 1.29 is 14.5 Å². The molecule has 0 radical (unpaired) electrons. The third kappa shape index (κ3) is 4.75. The molecule has 0 aliphatic carbocycles. The zero-order valence-corrected chi connectivity index (χ0v) is 17.7. The van der Waals surface area contributed by atoms with E-state index < -0.39 is 10.3 Å². The summed E-state index contributed by atoms with van der Waals surface area (Å²) < 4.78 is 0. The molecular formula is C20H25N3O4S. The molecule has 0 saturated carbocycles. The number of benzene rings is 1. The maximum atomic E-state index is 13.0. The summed E-state index contributed by atoms with van der Waals surface area (Å²) in [6, 6.07) is 7.71. The second-order valence-corrected chi connectivity index (χ2v) is 8.82. The molecule has 2 amide bonds. The van der Waals surface area contributed by atoms with E-state index >= 15 is 0 Å². The Balaban J connectivity index is 2.22. The standard InChI is InChI=1S/C20H25N3O4S/c1-12-10-16(21-19(25)20(3,4)5)28-17(12)18(24)22(6)13(2)14-8-7-9-15(11-14)23(26)27/h7-11,13H,1-6H3,(H,21,25)/t13-/m0/s1. The predicted molar refractivity (Wildman–Crippen MR) is 111 cm³/mol. The SMILES string of the molecule is Cc1cc(NC(=O)C(C)(C)C)sc1C(=O)N(C)[C@@H](C)c1cccc([N+](=O)[O-])c1. The van der Waals surface area contributed by atoms with Gasteiger partial charge in [0.2, 0.25) is 5.91 Å². The number of carbonyl (C=O) groups is 2. The topological polar surface area (TPSA) is 92.6 Å². The molecule has 0 saturated heterocycles. The van der Waals surface area contributed by atoms with Gasteiger partial charge in [-0.1, -0.05) is 32.9 Å². The van der Waals surface area contributed by atoms with Gasteiger partial charge in [-0.25, -0.2) is 0 Å². The fourth-order valence-electron chi connectivity index (χ4n) is 2.51. The zero-order valence-electron chi connectivity index (χ0n) is 16.9. The summed E-state index contributed by atoms with van der Waals surface area (Å²) in [7, 11) is 1.67. The number of rotatable bonds is 5. The zero-order chi connectivity index (χ0) is 21.2. The first kappa shape index (κ1) is 21.6. The number of hydrogen-bond acceptors (Lipinski definition) is 5. The van der Waals surface area contributed by atoms with Crippen LogP contribution < -0.4 is 5.32 Å². The minimum absolute atomic E-state index is 0.00955. The fraction of sp³-hybridized carbons (Fsp3) is 0.400. The molecule has 2 rings (SSSR count). The molecule has 0 aliphatic rings. The monoisotopic (exact) mass is 403 g/mol. The maximum Gasteiger partial charge on any atom is 0.269 e. The highest BCUT2D eigenvalue weighted by Gasteiger charge is 2.26. The van der Waals surface area contributed by atoms with E-state index in [1.54, 1.807) is 30.1 Å². The van der Waals surface area contributed by atoms with Crippen molar-refractivity contribution in [3.05, 3.63) is 56.5 Å². The Morgan fingerprint density at radius 2 is 1.89 bits per heavy atom. The van der Waals surface area contributed by atoms with Crippen molar-refractivity contribution in [2.45, 2.75) is 40.7 Å². The van der Waals surface area contributed by atoms with E-state index in [4.69, 9.17) is 0 Å². The number of nitro groups is 1. The Labute approximate surface area is 168 Å². The van der Waals surface area contributed by atoms with Gasteiger partial charge in [0.15, 0.2) is 0 Å². The fourth-order valence-corrected chi connectivity index (χ4v) is 3.56. The van der Waals surface area contributed by atoms with Crippen molar-refractivity contribution >= 4 is 33.8 Å². The van der Waals surface area contributed by atoms with Gasteiger partial charge in [0, 0.05) is 24.6 Å². The van der Waals surface area contributed by atoms with Crippen molar-refractivity contribution in [1.29, 1.82) is 0 Å². The lowest BCUT2D eigenvalue weighted by Gasteiger charge is -2.25. The molecule has 0 aliphatic heterocycles. The van der Waals surface area contributed by atoms with Gasteiger partial charge >= 0.3 is 0 Å². The maximum absolute atomic E-state index is 13.0. The average molecular weight is 404 g/mol. The number of aryl methyl sites for hydroxylation is 1. The second kappa shape index (κ2) is 8.10. The number of amides is 2. The minimum Gasteiger partial charge on any atom is -0.334 e. The second-order valence-electron chi connectivity index (χ2n) is 7.77. The third-order valence-electron chi connectivity index (χ3n) is 4.49. The molecule has 0 unspecified atom stereocenters. The van der Waals surface area contributed by atoms with Crippen LogP contribution in [-0.2, 0) is 4.79 Å². The smallest absolute Gasteiger partial charge is 0.269 e. The van der Waals surface area contributed by atoms with Gasteiger partial charge in [0.05, 0.1) is 20.8 Å². The number of thiophene rings is 1. The molecule has 0 bridgehead atoms. The van der Waals surface area contributed by atoms with Crippen LogP contribution >= 0.6 is 11.3 Å². The van der Waals surface area contributed by atoms with Gasteiger partial charge in [0.1, 0.15) is 0 Å². The molecule has 150 valence electrons. The van der Waals surface area contributed by atoms with Gasteiger partial charge in [-0.05, 0) is 31.0 Å². The van der Waals surface area contributed by atoms with Crippen molar-refractivity contribution in [2.75, 3.05) is 12.4 Å². The number of non-ortho nitro benzene ring substituents is 1. The van der Waals surface area contributed by atoms with Crippen molar-refractivity contribution in [1.82, 2.24) is 4.90 Å². The van der Waals surface area contributed by atoms with Crippen LogP contribution in [0.1, 0.15) is 54.5 Å². The Morgan fingerprint density at radius 3 is 2.46 bits per heavy atom. The highest BCUT2D eigenvalue weighted by molar-refractivity contribution is 7.18. The van der Waals surface area contributed by atoms with Crippen LogP contribution in [0.15, 0.2) is 30.3 Å². The van der Waals surface area contributed by atoms with Crippen molar-refractivity contribution in [2.24, 2.45) is 5.41 Å². The molecule has 1 aromatic heterocycles. The summed E-state index contributed by atoms with van der Waals surface area (Å²) >= 11 is 1.23. The van der Waals surface area contributed by atoms with Crippen LogP contribution in [0.3, 0.4) is 0 Å². The number of nitrogens with zero attached hydrogens (tertiary/aromatic N) is 2. The molecule has 1 atom stereocenters. The van der Waals surface area contributed by atoms with Crippen LogP contribution in [0.25, 0.3) is 0 Å². The summed E-state index contributed by atoms with van der Waals surface area (Å²) in [6.07, 6.45) is 0. The molecule has 1 heterocycles. The van der Waals surface area contributed by atoms with Gasteiger partial charge in [-0.15, -0.1) is 11.3 Å². The van der Waals surface area contributed by atoms with E-state index in [9.17, 15) is 19.7 Å². The van der Waals surface area contributed by atoms with Crippen molar-refractivity contribution in [3.8, 4) is 0 Å². The molecule has 28 heavy (non-hydrogen) atoms. The van der Waals surface area contributed by atoms with Crippen LogP contribution in [0.5, 0.6) is 0 Å². The highest BCUT2D eigenvalue weighted by atomic mass is 32.1. The minimum atomic E-state index is -0.532. The Bertz CT molecular complexity index is 914. The van der Waals surface area contributed by atoms with E-state index in [1.807, 2.05) is 34.6 Å². The van der Waals surface area contributed by atoms with E-state index in [-0.39, 0.29) is 23.5 Å². The first-order valence-electron chi connectivity index (χ1n) is 8.85. The molecule has 0 spiro atoms. The Morgan fingerprint density at radius 1 is 1.25 bits per heavy atom. The lowest BCUT2D eigenvalue weighted by Crippen LogP contribution is -2.29. The van der Waals surface area contributed by atoms with Crippen LogP contribution in [0.2, 0.25) is 0 Å². The summed E-state index contributed by atoms with van der Waals surface area (Å²) in [4.78, 5) is 37.8. The van der Waals surface area contributed by atoms with Gasteiger partial charge in [-0.2, -0.15) is 0 Å². The molecule has 8 heteroatoms. The summed E-state index contributed by atoms with van der Waals surface area (Å²) in [5.41, 5.74) is 0.914. The average Bonchev–Trinajstić information content (AvgIpc) is 2.99. The van der Waals surface area contributed by atoms with Gasteiger partial charge < -0.3 is 10.2 Å². The Kier molecular flexibility index (Phi) is 6.23. The normalized spacial score (nSPS) is 12.4. The first-order valence-corrected chi connectivity index (χ1v) is 9.67. The third-order valence-corrected chi connectivity index (χ3v) is 5.64.